The van der Waals surface area contributed by atoms with Gasteiger partial charge in [-0.05, 0) is 50.7 Å². The van der Waals surface area contributed by atoms with Gasteiger partial charge in [0.2, 0.25) is 0 Å². The molecule has 1 aliphatic rings. The molecule has 2 N–H and O–H groups in total. The number of rotatable bonds is 2. The Morgan fingerprint density at radius 3 is 2.65 bits per heavy atom. The molecule has 0 bridgehead atoms. The van der Waals surface area contributed by atoms with Crippen LogP contribution in [0.2, 0.25) is 0 Å². The molecule has 2 rings (SSSR count). The molecule has 5 heteroatoms. The summed E-state index contributed by atoms with van der Waals surface area (Å²) in [6.45, 7) is 6.30. The highest BCUT2D eigenvalue weighted by Crippen LogP contribution is 2.26. The van der Waals surface area contributed by atoms with Crippen molar-refractivity contribution in [1.29, 1.82) is 0 Å². The number of benzene rings is 1. The van der Waals surface area contributed by atoms with E-state index >= 15 is 0 Å². The van der Waals surface area contributed by atoms with Gasteiger partial charge < -0.3 is 5.32 Å². The van der Waals surface area contributed by atoms with Gasteiger partial charge >= 0.3 is 0 Å². The van der Waals surface area contributed by atoms with E-state index in [1.54, 1.807) is 0 Å². The van der Waals surface area contributed by atoms with Crippen molar-refractivity contribution in [3.8, 4) is 0 Å². The van der Waals surface area contributed by atoms with Crippen molar-refractivity contribution >= 4 is 33.3 Å². The minimum Gasteiger partial charge on any atom is -0.338 e. The van der Waals surface area contributed by atoms with Crippen LogP contribution in [-0.4, -0.2) is 16.2 Å². The Balaban J connectivity index is 2.30. The van der Waals surface area contributed by atoms with E-state index in [2.05, 4.69) is 59.6 Å². The highest BCUT2D eigenvalue weighted by atomic mass is 79.9. The molecular formula is C12H16BrN3S. The molecule has 0 unspecified atom stereocenters. The lowest BCUT2D eigenvalue weighted by Crippen LogP contribution is -2.47. The Hall–Kier alpha value is -0.650. The molecule has 1 fully saturated rings. The second-order valence-corrected chi connectivity index (χ2v) is 5.94. The van der Waals surface area contributed by atoms with Gasteiger partial charge in [-0.25, -0.2) is 5.43 Å². The van der Waals surface area contributed by atoms with E-state index in [-0.39, 0.29) is 5.66 Å². The van der Waals surface area contributed by atoms with Crippen molar-refractivity contribution in [2.24, 2.45) is 0 Å². The summed E-state index contributed by atoms with van der Waals surface area (Å²) in [6.07, 6.45) is 0. The van der Waals surface area contributed by atoms with Gasteiger partial charge in [-0.2, -0.15) is 0 Å². The molecule has 0 radical (unpaired) electrons. The summed E-state index contributed by atoms with van der Waals surface area (Å²) in [7, 11) is 0. The first kappa shape index (κ1) is 12.8. The van der Waals surface area contributed by atoms with E-state index in [0.717, 1.165) is 15.1 Å². The Morgan fingerprint density at radius 1 is 1.41 bits per heavy atom. The van der Waals surface area contributed by atoms with Crippen LogP contribution in [0.25, 0.3) is 0 Å². The maximum atomic E-state index is 5.34. The summed E-state index contributed by atoms with van der Waals surface area (Å²) in [6, 6.07) is 8.53. The molecule has 1 aliphatic heterocycles. The number of halogens is 1. The number of hydrogen-bond donors (Lipinski definition) is 2. The van der Waals surface area contributed by atoms with E-state index in [4.69, 9.17) is 12.2 Å². The Bertz CT molecular complexity index is 449. The third-order valence-corrected chi connectivity index (χ3v) is 3.63. The molecule has 1 saturated heterocycles. The zero-order chi connectivity index (χ0) is 12.6. The van der Waals surface area contributed by atoms with Gasteiger partial charge in [0.15, 0.2) is 5.11 Å². The second-order valence-electron chi connectivity index (χ2n) is 4.64. The number of nitrogens with one attached hydrogen (secondary N) is 2. The van der Waals surface area contributed by atoms with Crippen molar-refractivity contribution in [3.05, 3.63) is 34.3 Å². The van der Waals surface area contributed by atoms with E-state index in [1.807, 2.05) is 17.1 Å². The molecular weight excluding hydrogens is 298 g/mol. The molecule has 0 amide bonds. The van der Waals surface area contributed by atoms with Crippen molar-refractivity contribution in [3.63, 3.8) is 0 Å². The zero-order valence-corrected chi connectivity index (χ0v) is 12.5. The van der Waals surface area contributed by atoms with E-state index in [0.29, 0.717) is 6.04 Å². The lowest BCUT2D eigenvalue weighted by Gasteiger charge is -2.27. The van der Waals surface area contributed by atoms with Crippen LogP contribution in [0.15, 0.2) is 28.7 Å². The van der Waals surface area contributed by atoms with Gasteiger partial charge in [0, 0.05) is 10.5 Å². The maximum Gasteiger partial charge on any atom is 0.185 e. The average Bonchev–Trinajstić information content (AvgIpc) is 2.56. The SMILES string of the molecule is CC(C)N1N[C@](C)(c2cccc(Br)c2)NC1=S. The molecule has 0 spiro atoms. The molecule has 0 saturated carbocycles. The fourth-order valence-electron chi connectivity index (χ4n) is 1.89. The largest absolute Gasteiger partial charge is 0.338 e. The van der Waals surface area contributed by atoms with Crippen molar-refractivity contribution in [2.45, 2.75) is 32.5 Å². The monoisotopic (exact) mass is 313 g/mol. The minimum atomic E-state index is -0.342. The topological polar surface area (TPSA) is 27.3 Å². The molecule has 17 heavy (non-hydrogen) atoms. The quantitative estimate of drug-likeness (QED) is 0.821. The molecule has 3 nitrogen and oxygen atoms in total. The first-order chi connectivity index (χ1) is 7.92. The van der Waals surface area contributed by atoms with Crippen LogP contribution in [0.4, 0.5) is 0 Å². The highest BCUT2D eigenvalue weighted by molar-refractivity contribution is 9.10. The molecule has 1 aromatic carbocycles. The van der Waals surface area contributed by atoms with E-state index in [9.17, 15) is 0 Å². The molecule has 0 aliphatic carbocycles. The molecule has 1 heterocycles. The number of thiocarbonyl (C=S) groups is 1. The fraction of sp³-hybridized carbons (Fsp3) is 0.417. The summed E-state index contributed by atoms with van der Waals surface area (Å²) in [5, 5.41) is 6.05. The van der Waals surface area contributed by atoms with Gasteiger partial charge in [0.05, 0.1) is 0 Å². The Kier molecular flexibility index (Phi) is 3.43. The minimum absolute atomic E-state index is 0.323. The van der Waals surface area contributed by atoms with Gasteiger partial charge in [-0.15, -0.1) is 0 Å². The van der Waals surface area contributed by atoms with Crippen molar-refractivity contribution < 1.29 is 0 Å². The zero-order valence-electron chi connectivity index (χ0n) is 10.1. The molecule has 92 valence electrons. The standard InChI is InChI=1S/C12H16BrN3S/c1-8(2)16-11(17)14-12(3,15-16)9-5-4-6-10(13)7-9/h4-8,15H,1-3H3,(H,14,17)/t12-/m1/s1. The summed E-state index contributed by atoms with van der Waals surface area (Å²) in [5.41, 5.74) is 4.23. The maximum absolute atomic E-state index is 5.34. The molecule has 0 aromatic heterocycles. The van der Waals surface area contributed by atoms with Crippen LogP contribution in [0.5, 0.6) is 0 Å². The van der Waals surface area contributed by atoms with Gasteiger partial charge in [0.25, 0.3) is 0 Å². The van der Waals surface area contributed by atoms with Crippen LogP contribution in [0.3, 0.4) is 0 Å². The van der Waals surface area contributed by atoms with Crippen LogP contribution < -0.4 is 10.7 Å². The highest BCUT2D eigenvalue weighted by Gasteiger charge is 2.38. The average molecular weight is 314 g/mol. The first-order valence-electron chi connectivity index (χ1n) is 5.57. The number of hydrazine groups is 1. The van der Waals surface area contributed by atoms with Gasteiger partial charge in [-0.3, -0.25) is 5.01 Å². The fourth-order valence-corrected chi connectivity index (χ4v) is 2.75. The van der Waals surface area contributed by atoms with Gasteiger partial charge in [0.1, 0.15) is 5.66 Å². The van der Waals surface area contributed by atoms with Gasteiger partial charge in [-0.1, -0.05) is 28.1 Å². The number of hydrogen-bond acceptors (Lipinski definition) is 2. The second kappa shape index (κ2) is 4.55. The lowest BCUT2D eigenvalue weighted by molar-refractivity contribution is 0.202. The van der Waals surface area contributed by atoms with E-state index < -0.39 is 0 Å². The number of nitrogens with zero attached hydrogens (tertiary/aromatic N) is 1. The Morgan fingerprint density at radius 2 is 2.12 bits per heavy atom. The van der Waals surface area contributed by atoms with Crippen LogP contribution in [-0.2, 0) is 5.66 Å². The summed E-state index contributed by atoms with van der Waals surface area (Å²) in [4.78, 5) is 0. The lowest BCUT2D eigenvalue weighted by atomic mass is 10.0. The smallest absolute Gasteiger partial charge is 0.185 e. The van der Waals surface area contributed by atoms with E-state index in [1.165, 1.54) is 0 Å². The summed E-state index contributed by atoms with van der Waals surface area (Å²) in [5.74, 6) is 0. The third kappa shape index (κ3) is 2.46. The predicted molar refractivity (Wildman–Crippen MR) is 77.3 cm³/mol. The predicted octanol–water partition coefficient (Wildman–Crippen LogP) is 2.72. The van der Waals surface area contributed by atoms with Crippen molar-refractivity contribution in [1.82, 2.24) is 15.8 Å². The molecule has 1 aromatic rings. The van der Waals surface area contributed by atoms with Crippen LogP contribution in [0.1, 0.15) is 26.3 Å². The first-order valence-corrected chi connectivity index (χ1v) is 6.78. The summed E-state index contributed by atoms with van der Waals surface area (Å²) >= 11 is 8.83. The van der Waals surface area contributed by atoms with Crippen molar-refractivity contribution in [2.75, 3.05) is 0 Å². The third-order valence-electron chi connectivity index (χ3n) is 2.84. The summed E-state index contributed by atoms with van der Waals surface area (Å²) < 4.78 is 1.06. The normalized spacial score (nSPS) is 24.3. The Labute approximate surface area is 116 Å². The van der Waals surface area contributed by atoms with Crippen LogP contribution >= 0.6 is 28.1 Å². The molecule has 1 atom stereocenters. The van der Waals surface area contributed by atoms with Crippen LogP contribution in [0, 0.1) is 0 Å².